The van der Waals surface area contributed by atoms with Crippen molar-refractivity contribution in [2.45, 2.75) is 17.4 Å². The molecule has 3 heteroatoms. The van der Waals surface area contributed by atoms with Gasteiger partial charge in [0, 0.05) is 10.6 Å². The van der Waals surface area contributed by atoms with Gasteiger partial charge >= 0.3 is 0 Å². The standard InChI is InChI=1S/C17H18N2S/c1-14-8-6-7-11-16(14)20-13-17(12-18,19-2)15-9-4-3-5-10-15/h3-11,19H,13H2,1-2H3. The minimum atomic E-state index is -0.659. The molecule has 0 aliphatic carbocycles. The first-order valence-electron chi connectivity index (χ1n) is 6.56. The maximum Gasteiger partial charge on any atom is 0.141 e. The summed E-state index contributed by atoms with van der Waals surface area (Å²) in [7, 11) is 1.84. The Labute approximate surface area is 124 Å². The lowest BCUT2D eigenvalue weighted by molar-refractivity contribution is 0.528. The van der Waals surface area contributed by atoms with Crippen molar-refractivity contribution < 1.29 is 0 Å². The average molecular weight is 282 g/mol. The molecule has 20 heavy (non-hydrogen) atoms. The molecule has 0 bridgehead atoms. The smallest absolute Gasteiger partial charge is 0.141 e. The molecular weight excluding hydrogens is 264 g/mol. The number of thioether (sulfide) groups is 1. The molecule has 1 unspecified atom stereocenters. The SMILES string of the molecule is CNC(C#N)(CSc1ccccc1C)c1ccccc1. The Morgan fingerprint density at radius 2 is 1.75 bits per heavy atom. The topological polar surface area (TPSA) is 35.8 Å². The molecule has 0 heterocycles. The Bertz CT molecular complexity index is 604. The molecular formula is C17H18N2S. The van der Waals surface area contributed by atoms with Gasteiger partial charge in [0.2, 0.25) is 0 Å². The predicted octanol–water partition coefficient (Wildman–Crippen LogP) is 3.73. The van der Waals surface area contributed by atoms with Gasteiger partial charge in [0.05, 0.1) is 6.07 Å². The maximum absolute atomic E-state index is 9.65. The van der Waals surface area contributed by atoms with E-state index in [1.165, 1.54) is 10.5 Å². The van der Waals surface area contributed by atoms with Crippen LogP contribution in [0.1, 0.15) is 11.1 Å². The van der Waals surface area contributed by atoms with Gasteiger partial charge in [-0.25, -0.2) is 0 Å². The molecule has 0 fully saturated rings. The lowest BCUT2D eigenvalue weighted by Gasteiger charge is -2.26. The number of nitrogens with zero attached hydrogens (tertiary/aromatic N) is 1. The number of hydrogen-bond acceptors (Lipinski definition) is 3. The van der Waals surface area contributed by atoms with Gasteiger partial charge in [-0.2, -0.15) is 5.26 Å². The van der Waals surface area contributed by atoms with Crippen molar-refractivity contribution in [3.05, 3.63) is 65.7 Å². The molecule has 0 saturated heterocycles. The quantitative estimate of drug-likeness (QED) is 0.849. The first-order chi connectivity index (χ1) is 9.72. The van der Waals surface area contributed by atoms with E-state index in [2.05, 4.69) is 30.4 Å². The molecule has 102 valence electrons. The summed E-state index contributed by atoms with van der Waals surface area (Å²) in [6.07, 6.45) is 0. The molecule has 0 saturated carbocycles. The fourth-order valence-corrected chi connectivity index (χ4v) is 3.30. The summed E-state index contributed by atoms with van der Waals surface area (Å²) in [5, 5.41) is 12.8. The lowest BCUT2D eigenvalue weighted by Crippen LogP contribution is -2.41. The minimum Gasteiger partial charge on any atom is -0.298 e. The van der Waals surface area contributed by atoms with E-state index in [-0.39, 0.29) is 0 Å². The van der Waals surface area contributed by atoms with Gasteiger partial charge < -0.3 is 0 Å². The van der Waals surface area contributed by atoms with Crippen molar-refractivity contribution in [1.29, 1.82) is 5.26 Å². The Morgan fingerprint density at radius 1 is 1.10 bits per heavy atom. The molecule has 0 amide bonds. The van der Waals surface area contributed by atoms with Crippen molar-refractivity contribution in [2.24, 2.45) is 0 Å². The van der Waals surface area contributed by atoms with Crippen LogP contribution in [-0.2, 0) is 5.54 Å². The fourth-order valence-electron chi connectivity index (χ4n) is 2.08. The molecule has 2 rings (SSSR count). The highest BCUT2D eigenvalue weighted by Gasteiger charge is 2.30. The third-order valence-corrected chi connectivity index (χ3v) is 4.77. The Hall–Kier alpha value is -1.76. The highest BCUT2D eigenvalue weighted by atomic mass is 32.2. The van der Waals surface area contributed by atoms with E-state index in [0.717, 1.165) is 5.56 Å². The van der Waals surface area contributed by atoms with Crippen LogP contribution in [0.5, 0.6) is 0 Å². The van der Waals surface area contributed by atoms with E-state index < -0.39 is 5.54 Å². The summed E-state index contributed by atoms with van der Waals surface area (Å²) >= 11 is 1.71. The molecule has 2 aromatic rings. The predicted molar refractivity (Wildman–Crippen MR) is 84.7 cm³/mol. The van der Waals surface area contributed by atoms with Crippen molar-refractivity contribution in [3.63, 3.8) is 0 Å². The number of aryl methyl sites for hydroxylation is 1. The molecule has 0 spiro atoms. The molecule has 0 aromatic heterocycles. The van der Waals surface area contributed by atoms with Crippen molar-refractivity contribution in [3.8, 4) is 6.07 Å². The fraction of sp³-hybridized carbons (Fsp3) is 0.235. The number of nitriles is 1. The second-order valence-corrected chi connectivity index (χ2v) is 5.70. The Kier molecular flexibility index (Phi) is 4.84. The Morgan fingerprint density at radius 3 is 2.35 bits per heavy atom. The average Bonchev–Trinajstić information content (AvgIpc) is 2.51. The Balaban J connectivity index is 2.23. The van der Waals surface area contributed by atoms with Gasteiger partial charge in [-0.05, 0) is 31.2 Å². The van der Waals surface area contributed by atoms with E-state index in [0.29, 0.717) is 5.75 Å². The zero-order valence-electron chi connectivity index (χ0n) is 11.8. The van der Waals surface area contributed by atoms with Crippen LogP contribution in [0.3, 0.4) is 0 Å². The third kappa shape index (κ3) is 3.04. The molecule has 0 aliphatic heterocycles. The van der Waals surface area contributed by atoms with E-state index >= 15 is 0 Å². The first-order valence-corrected chi connectivity index (χ1v) is 7.54. The van der Waals surface area contributed by atoms with Crippen molar-refractivity contribution >= 4 is 11.8 Å². The summed E-state index contributed by atoms with van der Waals surface area (Å²) in [5.41, 5.74) is 1.59. The van der Waals surface area contributed by atoms with Crippen LogP contribution in [0, 0.1) is 18.3 Å². The monoisotopic (exact) mass is 282 g/mol. The lowest BCUT2D eigenvalue weighted by atomic mass is 9.94. The molecule has 2 aromatic carbocycles. The van der Waals surface area contributed by atoms with Gasteiger partial charge in [-0.15, -0.1) is 11.8 Å². The largest absolute Gasteiger partial charge is 0.298 e. The van der Waals surface area contributed by atoms with Crippen LogP contribution in [0.15, 0.2) is 59.5 Å². The zero-order chi connectivity index (χ0) is 14.4. The molecule has 1 N–H and O–H groups in total. The van der Waals surface area contributed by atoms with Gasteiger partial charge in [0.25, 0.3) is 0 Å². The summed E-state index contributed by atoms with van der Waals surface area (Å²) in [5.74, 6) is 0.675. The van der Waals surface area contributed by atoms with E-state index in [1.54, 1.807) is 11.8 Å². The highest BCUT2D eigenvalue weighted by molar-refractivity contribution is 7.99. The maximum atomic E-state index is 9.65. The normalized spacial score (nSPS) is 13.4. The van der Waals surface area contributed by atoms with Crippen molar-refractivity contribution in [1.82, 2.24) is 5.32 Å². The second kappa shape index (κ2) is 6.60. The van der Waals surface area contributed by atoms with Crippen LogP contribution in [0.2, 0.25) is 0 Å². The van der Waals surface area contributed by atoms with Gasteiger partial charge in [-0.3, -0.25) is 5.32 Å². The third-order valence-electron chi connectivity index (χ3n) is 3.42. The number of benzene rings is 2. The summed E-state index contributed by atoms with van der Waals surface area (Å²) in [6, 6.07) is 20.6. The number of rotatable bonds is 5. The van der Waals surface area contributed by atoms with Crippen LogP contribution in [0.25, 0.3) is 0 Å². The second-order valence-electron chi connectivity index (χ2n) is 4.69. The van der Waals surface area contributed by atoms with Crippen LogP contribution < -0.4 is 5.32 Å². The van der Waals surface area contributed by atoms with E-state index in [4.69, 9.17) is 0 Å². The van der Waals surface area contributed by atoms with E-state index in [1.807, 2.05) is 49.5 Å². The highest BCUT2D eigenvalue weighted by Crippen LogP contribution is 2.30. The summed E-state index contributed by atoms with van der Waals surface area (Å²) in [6.45, 7) is 2.10. The molecule has 1 atom stereocenters. The van der Waals surface area contributed by atoms with Crippen LogP contribution >= 0.6 is 11.8 Å². The van der Waals surface area contributed by atoms with Gasteiger partial charge in [-0.1, -0.05) is 48.5 Å². The number of hydrogen-bond donors (Lipinski definition) is 1. The van der Waals surface area contributed by atoms with Crippen LogP contribution in [-0.4, -0.2) is 12.8 Å². The summed E-state index contributed by atoms with van der Waals surface area (Å²) < 4.78 is 0. The van der Waals surface area contributed by atoms with E-state index in [9.17, 15) is 5.26 Å². The number of nitrogens with one attached hydrogen (secondary N) is 1. The van der Waals surface area contributed by atoms with Crippen LogP contribution in [0.4, 0.5) is 0 Å². The molecule has 2 nitrogen and oxygen atoms in total. The van der Waals surface area contributed by atoms with Gasteiger partial charge in [0.15, 0.2) is 0 Å². The van der Waals surface area contributed by atoms with Gasteiger partial charge in [0.1, 0.15) is 5.54 Å². The van der Waals surface area contributed by atoms with Crippen molar-refractivity contribution in [2.75, 3.05) is 12.8 Å². The first kappa shape index (κ1) is 14.6. The minimum absolute atomic E-state index is 0.659. The summed E-state index contributed by atoms with van der Waals surface area (Å²) in [4.78, 5) is 1.22. The zero-order valence-corrected chi connectivity index (χ0v) is 12.6. The molecule has 0 aliphatic rings. The molecule has 0 radical (unpaired) electrons.